The lowest BCUT2D eigenvalue weighted by molar-refractivity contribution is -0.143. The Kier molecular flexibility index (Phi) is 3.95. The van der Waals surface area contributed by atoms with Gasteiger partial charge in [0, 0.05) is 26.6 Å². The molecule has 1 aromatic heterocycles. The summed E-state index contributed by atoms with van der Waals surface area (Å²) >= 11 is 0. The summed E-state index contributed by atoms with van der Waals surface area (Å²) in [5, 5.41) is 0. The number of amides is 2. The molecular formula is C16H22N4O3. The lowest BCUT2D eigenvalue weighted by atomic mass is 9.96. The third-order valence-corrected chi connectivity index (χ3v) is 4.93. The fourth-order valence-electron chi connectivity index (χ4n) is 3.36. The first-order valence-electron chi connectivity index (χ1n) is 8.04. The highest BCUT2D eigenvalue weighted by atomic mass is 16.2. The Balaban J connectivity index is 1.77. The molecule has 0 unspecified atom stereocenters. The molecule has 23 heavy (non-hydrogen) atoms. The minimum absolute atomic E-state index is 0.0219. The molecule has 0 N–H and O–H groups in total. The SMILES string of the molecule is CCN1C[C@H](C(=O)N2Cc3nc(C)n(C)c(=O)c3C2)CCC1=O. The Morgan fingerprint density at radius 1 is 1.30 bits per heavy atom. The molecule has 7 nitrogen and oxygen atoms in total. The van der Waals surface area contributed by atoms with Gasteiger partial charge in [-0.1, -0.05) is 0 Å². The first-order chi connectivity index (χ1) is 10.9. The summed E-state index contributed by atoms with van der Waals surface area (Å²) in [6.45, 7) is 5.53. The maximum atomic E-state index is 12.8. The molecule has 0 aromatic carbocycles. The first kappa shape index (κ1) is 15.7. The topological polar surface area (TPSA) is 75.5 Å². The van der Waals surface area contributed by atoms with Crippen molar-refractivity contribution in [1.82, 2.24) is 19.4 Å². The minimum Gasteiger partial charge on any atom is -0.342 e. The van der Waals surface area contributed by atoms with Gasteiger partial charge >= 0.3 is 0 Å². The number of piperidine rings is 1. The number of hydrogen-bond acceptors (Lipinski definition) is 4. The summed E-state index contributed by atoms with van der Waals surface area (Å²) in [5.41, 5.74) is 1.25. The molecule has 0 bridgehead atoms. The zero-order valence-corrected chi connectivity index (χ0v) is 13.8. The number of carbonyl (C=O) groups is 2. The van der Waals surface area contributed by atoms with Crippen LogP contribution in [-0.2, 0) is 29.7 Å². The summed E-state index contributed by atoms with van der Waals surface area (Å²) in [6, 6.07) is 0. The van der Waals surface area contributed by atoms with Gasteiger partial charge in [-0.3, -0.25) is 19.0 Å². The standard InChI is InChI=1S/C16H22N4O3/c1-4-19-7-11(5-6-14(19)21)15(22)20-8-12-13(9-20)17-10(2)18(3)16(12)23/h11H,4-9H2,1-3H3/t11-/m1/s1. The van der Waals surface area contributed by atoms with E-state index in [0.717, 1.165) is 0 Å². The predicted molar refractivity (Wildman–Crippen MR) is 83.4 cm³/mol. The van der Waals surface area contributed by atoms with Crippen LogP contribution in [0.5, 0.6) is 0 Å². The Morgan fingerprint density at radius 3 is 2.74 bits per heavy atom. The number of likely N-dealkylation sites (tertiary alicyclic amines) is 1. The van der Waals surface area contributed by atoms with E-state index in [9.17, 15) is 14.4 Å². The van der Waals surface area contributed by atoms with E-state index in [1.54, 1.807) is 23.8 Å². The molecule has 1 atom stereocenters. The first-order valence-corrected chi connectivity index (χ1v) is 8.04. The quantitative estimate of drug-likeness (QED) is 0.780. The van der Waals surface area contributed by atoms with Gasteiger partial charge in [0.1, 0.15) is 5.82 Å². The molecule has 2 aliphatic rings. The van der Waals surface area contributed by atoms with E-state index in [-0.39, 0.29) is 23.3 Å². The molecule has 1 aromatic rings. The number of fused-ring (bicyclic) bond motifs is 1. The summed E-state index contributed by atoms with van der Waals surface area (Å²) < 4.78 is 1.52. The van der Waals surface area contributed by atoms with Crippen molar-refractivity contribution in [2.45, 2.75) is 39.8 Å². The molecule has 0 radical (unpaired) electrons. The van der Waals surface area contributed by atoms with Crippen LogP contribution < -0.4 is 5.56 Å². The van der Waals surface area contributed by atoms with E-state index in [4.69, 9.17) is 0 Å². The molecule has 124 valence electrons. The largest absolute Gasteiger partial charge is 0.342 e. The fraction of sp³-hybridized carbons (Fsp3) is 0.625. The average Bonchev–Trinajstić information content (AvgIpc) is 2.96. The van der Waals surface area contributed by atoms with Crippen molar-refractivity contribution >= 4 is 11.8 Å². The van der Waals surface area contributed by atoms with Gasteiger partial charge in [-0.15, -0.1) is 0 Å². The molecule has 3 heterocycles. The number of nitrogens with zero attached hydrogens (tertiary/aromatic N) is 4. The third kappa shape index (κ3) is 2.64. The van der Waals surface area contributed by atoms with Crippen LogP contribution in [0.2, 0.25) is 0 Å². The van der Waals surface area contributed by atoms with Crippen molar-refractivity contribution in [1.29, 1.82) is 0 Å². The van der Waals surface area contributed by atoms with Crippen LogP contribution in [0.3, 0.4) is 0 Å². The second kappa shape index (κ2) is 5.79. The highest BCUT2D eigenvalue weighted by Crippen LogP contribution is 2.25. The van der Waals surface area contributed by atoms with Crippen molar-refractivity contribution in [3.05, 3.63) is 27.4 Å². The minimum atomic E-state index is -0.174. The Labute approximate surface area is 134 Å². The van der Waals surface area contributed by atoms with Crippen LogP contribution >= 0.6 is 0 Å². The molecule has 0 spiro atoms. The second-order valence-corrected chi connectivity index (χ2v) is 6.31. The molecule has 7 heteroatoms. The molecule has 0 saturated carbocycles. The van der Waals surface area contributed by atoms with E-state index in [1.165, 1.54) is 4.57 Å². The summed E-state index contributed by atoms with van der Waals surface area (Å²) in [4.78, 5) is 44.7. The fourth-order valence-corrected chi connectivity index (χ4v) is 3.36. The maximum Gasteiger partial charge on any atom is 0.258 e. The zero-order valence-electron chi connectivity index (χ0n) is 13.8. The molecule has 2 aliphatic heterocycles. The Bertz CT molecular complexity index is 725. The highest BCUT2D eigenvalue weighted by molar-refractivity contribution is 5.84. The van der Waals surface area contributed by atoms with Crippen LogP contribution in [0.15, 0.2) is 4.79 Å². The second-order valence-electron chi connectivity index (χ2n) is 6.31. The number of aryl methyl sites for hydroxylation is 1. The van der Waals surface area contributed by atoms with Crippen molar-refractivity contribution in [3.63, 3.8) is 0 Å². The molecule has 2 amide bonds. The van der Waals surface area contributed by atoms with E-state index < -0.39 is 0 Å². The van der Waals surface area contributed by atoms with Crippen molar-refractivity contribution in [2.75, 3.05) is 13.1 Å². The lowest BCUT2D eigenvalue weighted by Gasteiger charge is -2.33. The van der Waals surface area contributed by atoms with Gasteiger partial charge in [-0.2, -0.15) is 0 Å². The summed E-state index contributed by atoms with van der Waals surface area (Å²) in [6.07, 6.45) is 1.01. The molecule has 1 fully saturated rings. The van der Waals surface area contributed by atoms with Gasteiger partial charge in [0.15, 0.2) is 0 Å². The Morgan fingerprint density at radius 2 is 2.04 bits per heavy atom. The van der Waals surface area contributed by atoms with E-state index in [1.807, 2.05) is 6.92 Å². The molecular weight excluding hydrogens is 296 g/mol. The molecule has 0 aliphatic carbocycles. The van der Waals surface area contributed by atoms with E-state index >= 15 is 0 Å². The average molecular weight is 318 g/mol. The number of aromatic nitrogens is 2. The van der Waals surface area contributed by atoms with Crippen molar-refractivity contribution in [3.8, 4) is 0 Å². The van der Waals surface area contributed by atoms with Crippen LogP contribution in [0.1, 0.15) is 36.8 Å². The Hall–Kier alpha value is -2.18. The van der Waals surface area contributed by atoms with E-state index in [2.05, 4.69) is 4.98 Å². The van der Waals surface area contributed by atoms with Gasteiger partial charge in [-0.05, 0) is 20.3 Å². The third-order valence-electron chi connectivity index (χ3n) is 4.93. The summed E-state index contributed by atoms with van der Waals surface area (Å²) in [5.74, 6) is 0.622. The number of rotatable bonds is 2. The smallest absolute Gasteiger partial charge is 0.258 e. The van der Waals surface area contributed by atoms with Crippen LogP contribution in [0.4, 0.5) is 0 Å². The van der Waals surface area contributed by atoms with Gasteiger partial charge < -0.3 is 9.80 Å². The van der Waals surface area contributed by atoms with Gasteiger partial charge in [-0.25, -0.2) is 4.98 Å². The monoisotopic (exact) mass is 318 g/mol. The van der Waals surface area contributed by atoms with Gasteiger partial charge in [0.05, 0.1) is 30.3 Å². The molecule has 3 rings (SSSR count). The van der Waals surface area contributed by atoms with Crippen LogP contribution in [-0.4, -0.2) is 44.3 Å². The normalized spacial score (nSPS) is 20.8. The number of carbonyl (C=O) groups excluding carboxylic acids is 2. The van der Waals surface area contributed by atoms with Crippen LogP contribution in [0.25, 0.3) is 0 Å². The van der Waals surface area contributed by atoms with Crippen molar-refractivity contribution < 1.29 is 9.59 Å². The molecule has 1 saturated heterocycles. The van der Waals surface area contributed by atoms with E-state index in [0.29, 0.717) is 56.1 Å². The lowest BCUT2D eigenvalue weighted by Crippen LogP contribution is -2.45. The maximum absolute atomic E-state index is 12.8. The number of hydrogen-bond donors (Lipinski definition) is 0. The summed E-state index contributed by atoms with van der Waals surface area (Å²) in [7, 11) is 1.70. The highest BCUT2D eigenvalue weighted by Gasteiger charge is 2.35. The van der Waals surface area contributed by atoms with Gasteiger partial charge in [0.25, 0.3) is 5.56 Å². The van der Waals surface area contributed by atoms with Crippen LogP contribution in [0, 0.1) is 12.8 Å². The van der Waals surface area contributed by atoms with Crippen molar-refractivity contribution in [2.24, 2.45) is 13.0 Å². The zero-order chi connectivity index (χ0) is 16.7. The van der Waals surface area contributed by atoms with Gasteiger partial charge in [0.2, 0.25) is 11.8 Å². The predicted octanol–water partition coefficient (Wildman–Crippen LogP) is 0.189.